The van der Waals surface area contributed by atoms with E-state index < -0.39 is 12.0 Å². The van der Waals surface area contributed by atoms with E-state index in [0.29, 0.717) is 12.3 Å². The third-order valence-corrected chi connectivity index (χ3v) is 4.66. The summed E-state index contributed by atoms with van der Waals surface area (Å²) in [5.41, 5.74) is 6.01. The summed E-state index contributed by atoms with van der Waals surface area (Å²) in [6, 6.07) is 13.9. The third-order valence-electron chi connectivity index (χ3n) is 4.31. The van der Waals surface area contributed by atoms with Gasteiger partial charge >= 0.3 is 5.97 Å². The highest BCUT2D eigenvalue weighted by Gasteiger charge is 2.28. The molecule has 22 heavy (non-hydrogen) atoms. The minimum atomic E-state index is -0.829. The van der Waals surface area contributed by atoms with Gasteiger partial charge in [0.25, 0.3) is 0 Å². The van der Waals surface area contributed by atoms with Crippen molar-refractivity contribution in [2.24, 2.45) is 0 Å². The largest absolute Gasteiger partial charge is 0.480 e. The smallest absolute Gasteiger partial charge is 0.327 e. The normalized spacial score (nSPS) is 13.4. The molecule has 1 atom stereocenters. The van der Waals surface area contributed by atoms with Crippen molar-refractivity contribution in [2.45, 2.75) is 19.4 Å². The maximum absolute atomic E-state index is 11.5. The molecule has 114 valence electrons. The number of anilines is 1. The van der Waals surface area contributed by atoms with Crippen molar-refractivity contribution in [3.8, 4) is 11.1 Å². The molecule has 3 nitrogen and oxygen atoms in total. The monoisotopic (exact) mass is 313 g/mol. The molecule has 0 aromatic heterocycles. The van der Waals surface area contributed by atoms with Crippen LogP contribution in [0.1, 0.15) is 18.1 Å². The van der Waals surface area contributed by atoms with Crippen LogP contribution in [0.5, 0.6) is 0 Å². The van der Waals surface area contributed by atoms with Crippen LogP contribution in [0.3, 0.4) is 0 Å². The summed E-state index contributed by atoms with van der Waals surface area (Å²) in [5.74, 6) is -0.537. The van der Waals surface area contributed by atoms with Crippen LogP contribution in [-0.4, -0.2) is 29.4 Å². The van der Waals surface area contributed by atoms with Crippen LogP contribution < -0.4 is 4.90 Å². The Hall–Kier alpha value is -1.94. The van der Waals surface area contributed by atoms with E-state index in [1.54, 1.807) is 0 Å². The Morgan fingerprint density at radius 2 is 1.95 bits per heavy atom. The lowest BCUT2D eigenvalue weighted by Gasteiger charge is -2.30. The molecule has 0 saturated heterocycles. The molecule has 1 N–H and O–H groups in total. The van der Waals surface area contributed by atoms with Crippen LogP contribution in [0.15, 0.2) is 42.5 Å². The van der Waals surface area contributed by atoms with E-state index in [-0.39, 0.29) is 0 Å². The highest BCUT2D eigenvalue weighted by atomic mass is 32.1. The third kappa shape index (κ3) is 2.37. The van der Waals surface area contributed by atoms with Crippen LogP contribution in [-0.2, 0) is 11.2 Å². The van der Waals surface area contributed by atoms with Gasteiger partial charge in [-0.1, -0.05) is 36.4 Å². The molecule has 4 heteroatoms. The molecule has 0 unspecified atom stereocenters. The van der Waals surface area contributed by atoms with Gasteiger partial charge in [-0.05, 0) is 35.2 Å². The second-order valence-corrected chi connectivity index (χ2v) is 5.82. The predicted molar refractivity (Wildman–Crippen MR) is 93.0 cm³/mol. The van der Waals surface area contributed by atoms with E-state index in [9.17, 15) is 9.90 Å². The molecule has 0 radical (unpaired) electrons. The van der Waals surface area contributed by atoms with E-state index in [4.69, 9.17) is 0 Å². The van der Waals surface area contributed by atoms with Crippen LogP contribution >= 0.6 is 12.6 Å². The number of hydrogen-bond acceptors (Lipinski definition) is 3. The first-order valence-electron chi connectivity index (χ1n) is 7.47. The first-order valence-corrected chi connectivity index (χ1v) is 8.11. The fourth-order valence-electron chi connectivity index (χ4n) is 3.28. The van der Waals surface area contributed by atoms with Crippen molar-refractivity contribution in [1.82, 2.24) is 0 Å². The van der Waals surface area contributed by atoms with Crippen LogP contribution in [0.2, 0.25) is 0 Å². The van der Waals surface area contributed by atoms with Gasteiger partial charge in [0, 0.05) is 24.4 Å². The fraction of sp³-hybridized carbons (Fsp3) is 0.278. The SMILES string of the molecule is CCN(c1cccc2c1Cc1ccccc1-2)[C@@H](CS)C(=O)O. The molecule has 2 aromatic carbocycles. The summed E-state index contributed by atoms with van der Waals surface area (Å²) in [4.78, 5) is 13.5. The van der Waals surface area contributed by atoms with Crippen molar-refractivity contribution in [1.29, 1.82) is 0 Å². The first-order chi connectivity index (χ1) is 10.7. The second-order valence-electron chi connectivity index (χ2n) is 5.46. The number of benzene rings is 2. The van der Waals surface area contributed by atoms with Crippen LogP contribution in [0.4, 0.5) is 5.69 Å². The second kappa shape index (κ2) is 6.05. The molecule has 0 spiro atoms. The number of carboxylic acid groups (broad SMARTS) is 1. The van der Waals surface area contributed by atoms with Gasteiger partial charge < -0.3 is 10.0 Å². The van der Waals surface area contributed by atoms with Crippen molar-refractivity contribution < 1.29 is 9.90 Å². The molecule has 0 fully saturated rings. The zero-order valence-electron chi connectivity index (χ0n) is 12.5. The fourth-order valence-corrected chi connectivity index (χ4v) is 3.63. The lowest BCUT2D eigenvalue weighted by Crippen LogP contribution is -2.43. The molecular weight excluding hydrogens is 294 g/mol. The summed E-state index contributed by atoms with van der Waals surface area (Å²) in [5, 5.41) is 9.47. The molecule has 0 amide bonds. The minimum Gasteiger partial charge on any atom is -0.480 e. The number of carboxylic acids is 1. The molecule has 0 bridgehead atoms. The Morgan fingerprint density at radius 3 is 2.64 bits per heavy atom. The highest BCUT2D eigenvalue weighted by molar-refractivity contribution is 7.80. The lowest BCUT2D eigenvalue weighted by atomic mass is 10.0. The van der Waals surface area contributed by atoms with E-state index >= 15 is 0 Å². The molecule has 1 aliphatic rings. The maximum Gasteiger partial charge on any atom is 0.327 e. The first kappa shape index (κ1) is 15.0. The van der Waals surface area contributed by atoms with Crippen molar-refractivity contribution in [3.63, 3.8) is 0 Å². The quantitative estimate of drug-likeness (QED) is 0.709. The number of likely N-dealkylation sites (N-methyl/N-ethyl adjacent to an activating group) is 1. The van der Waals surface area contributed by atoms with E-state index in [1.807, 2.05) is 30.0 Å². The van der Waals surface area contributed by atoms with E-state index in [1.165, 1.54) is 22.3 Å². The topological polar surface area (TPSA) is 40.5 Å². The summed E-state index contributed by atoms with van der Waals surface area (Å²) in [7, 11) is 0. The molecule has 2 aromatic rings. The van der Waals surface area contributed by atoms with Gasteiger partial charge in [0.05, 0.1) is 0 Å². The van der Waals surface area contributed by atoms with Gasteiger partial charge in [0.15, 0.2) is 0 Å². The van der Waals surface area contributed by atoms with Gasteiger partial charge in [-0.2, -0.15) is 12.6 Å². The van der Waals surface area contributed by atoms with Gasteiger partial charge in [-0.3, -0.25) is 0 Å². The maximum atomic E-state index is 11.5. The molecule has 0 saturated carbocycles. The molecule has 0 heterocycles. The average molecular weight is 313 g/mol. The number of fused-ring (bicyclic) bond motifs is 3. The molecule has 3 rings (SSSR count). The molecule has 0 aliphatic heterocycles. The molecular formula is C18H19NO2S. The van der Waals surface area contributed by atoms with Crippen LogP contribution in [0, 0.1) is 0 Å². The number of thiol groups is 1. The summed E-state index contributed by atoms with van der Waals surface area (Å²) in [6.45, 7) is 2.63. The highest BCUT2D eigenvalue weighted by Crippen LogP contribution is 2.41. The van der Waals surface area contributed by atoms with Crippen molar-refractivity contribution in [2.75, 3.05) is 17.2 Å². The van der Waals surface area contributed by atoms with Gasteiger partial charge in [-0.15, -0.1) is 0 Å². The van der Waals surface area contributed by atoms with E-state index in [0.717, 1.165) is 12.1 Å². The Balaban J connectivity index is 2.09. The lowest BCUT2D eigenvalue weighted by molar-refractivity contribution is -0.138. The number of aliphatic carboxylic acids is 1. The van der Waals surface area contributed by atoms with Gasteiger partial charge in [0.2, 0.25) is 0 Å². The van der Waals surface area contributed by atoms with E-state index in [2.05, 4.69) is 36.9 Å². The number of rotatable bonds is 5. The Labute approximate surface area is 136 Å². The van der Waals surface area contributed by atoms with Gasteiger partial charge in [0.1, 0.15) is 6.04 Å². The number of carbonyl (C=O) groups is 1. The predicted octanol–water partition coefficient (Wildman–Crippen LogP) is 3.47. The standard InChI is InChI=1S/C18H19NO2S/c1-2-19(17(11-22)18(20)21)16-9-5-8-14-13-7-4-3-6-12(13)10-15(14)16/h3-9,17,22H,2,10-11H2,1H3,(H,20,21)/t17-/m0/s1. The summed E-state index contributed by atoms with van der Waals surface area (Å²) < 4.78 is 0. The van der Waals surface area contributed by atoms with Crippen LogP contribution in [0.25, 0.3) is 11.1 Å². The number of hydrogen-bond donors (Lipinski definition) is 2. The van der Waals surface area contributed by atoms with Crippen molar-refractivity contribution in [3.05, 3.63) is 53.6 Å². The van der Waals surface area contributed by atoms with Gasteiger partial charge in [-0.25, -0.2) is 4.79 Å². The molecule has 1 aliphatic carbocycles. The zero-order valence-corrected chi connectivity index (χ0v) is 13.4. The van der Waals surface area contributed by atoms with Crippen molar-refractivity contribution >= 4 is 24.3 Å². The minimum absolute atomic E-state index is 0.291. The Bertz CT molecular complexity index is 714. The number of nitrogens with zero attached hydrogens (tertiary/aromatic N) is 1. The average Bonchev–Trinajstić information content (AvgIpc) is 2.91. The zero-order chi connectivity index (χ0) is 15.7. The Morgan fingerprint density at radius 1 is 1.23 bits per heavy atom. The summed E-state index contributed by atoms with van der Waals surface area (Å²) in [6.07, 6.45) is 0.858. The Kier molecular flexibility index (Phi) is 4.12. The summed E-state index contributed by atoms with van der Waals surface area (Å²) >= 11 is 4.23.